The van der Waals surface area contributed by atoms with E-state index in [1.165, 1.54) is 34.7 Å². The van der Waals surface area contributed by atoms with E-state index in [2.05, 4.69) is 27.8 Å². The van der Waals surface area contributed by atoms with Crippen LogP contribution in [0.4, 0.5) is 11.4 Å². The highest BCUT2D eigenvalue weighted by atomic mass is 16.4. The Morgan fingerprint density at radius 1 is 1.11 bits per heavy atom. The van der Waals surface area contributed by atoms with Gasteiger partial charge >= 0.3 is 5.97 Å². The van der Waals surface area contributed by atoms with Crippen molar-refractivity contribution in [2.45, 2.75) is 39.0 Å². The van der Waals surface area contributed by atoms with Gasteiger partial charge in [0.2, 0.25) is 5.76 Å². The van der Waals surface area contributed by atoms with Crippen LogP contribution in [0.5, 0.6) is 5.75 Å². The van der Waals surface area contributed by atoms with Crippen LogP contribution in [-0.4, -0.2) is 33.5 Å². The fourth-order valence-electron chi connectivity index (χ4n) is 4.34. The predicted molar refractivity (Wildman–Crippen MR) is 132 cm³/mol. The predicted octanol–water partition coefficient (Wildman–Crippen LogP) is 4.81. The number of hydrogen-bond acceptors (Lipinski definition) is 7. The molecule has 1 aromatic heterocycles. The summed E-state index contributed by atoms with van der Waals surface area (Å²) in [5.41, 5.74) is 7.80. The first-order valence-electron chi connectivity index (χ1n) is 11.4. The summed E-state index contributed by atoms with van der Waals surface area (Å²) in [4.78, 5) is 24.0. The number of para-hydroxylation sites is 1. The van der Waals surface area contributed by atoms with Gasteiger partial charge in [-0.25, -0.2) is 9.80 Å². The van der Waals surface area contributed by atoms with Gasteiger partial charge in [0.05, 0.1) is 34.8 Å². The Morgan fingerprint density at radius 3 is 2.69 bits per heavy atom. The number of anilines is 2. The molecule has 2 aromatic carbocycles. The molecule has 0 unspecified atom stereocenters. The van der Waals surface area contributed by atoms with Gasteiger partial charge in [0.1, 0.15) is 5.76 Å². The van der Waals surface area contributed by atoms with E-state index in [-0.39, 0.29) is 35.3 Å². The van der Waals surface area contributed by atoms with Crippen molar-refractivity contribution in [3.8, 4) is 17.1 Å². The molecule has 5 rings (SSSR count). The molecule has 0 bridgehead atoms. The molecule has 35 heavy (non-hydrogen) atoms. The molecule has 0 saturated carbocycles. The zero-order valence-corrected chi connectivity index (χ0v) is 19.1. The molecule has 178 valence electrons. The van der Waals surface area contributed by atoms with Gasteiger partial charge in [0.25, 0.3) is 5.91 Å². The molecule has 9 nitrogen and oxygen atoms in total. The quantitative estimate of drug-likeness (QED) is 0.361. The van der Waals surface area contributed by atoms with Crippen LogP contribution in [-0.2, 0) is 17.6 Å². The van der Waals surface area contributed by atoms with Gasteiger partial charge in [-0.1, -0.05) is 12.1 Å². The number of carbonyl (C=O) groups is 2. The molecule has 9 heteroatoms. The lowest BCUT2D eigenvalue weighted by Crippen LogP contribution is -2.36. The zero-order chi connectivity index (χ0) is 24.5. The highest BCUT2D eigenvalue weighted by molar-refractivity contribution is 6.46. The van der Waals surface area contributed by atoms with E-state index in [1.807, 2.05) is 6.07 Å². The summed E-state index contributed by atoms with van der Waals surface area (Å²) in [6.07, 6.45) is 4.50. The molecule has 3 N–H and O–H groups in total. The topological polar surface area (TPSA) is 128 Å². The number of nitrogens with zero attached hydrogens (tertiary/aromatic N) is 3. The van der Waals surface area contributed by atoms with Crippen molar-refractivity contribution in [2.24, 2.45) is 10.2 Å². The lowest BCUT2D eigenvalue weighted by Gasteiger charge is -2.25. The number of hydrogen-bond donors (Lipinski definition) is 3. The van der Waals surface area contributed by atoms with Crippen molar-refractivity contribution in [2.75, 3.05) is 10.4 Å². The maximum Gasteiger partial charge on any atom is 0.371 e. The van der Waals surface area contributed by atoms with E-state index in [9.17, 15) is 14.7 Å². The van der Waals surface area contributed by atoms with Crippen molar-refractivity contribution in [3.05, 3.63) is 65.4 Å². The fourth-order valence-corrected chi connectivity index (χ4v) is 4.34. The largest absolute Gasteiger partial charge is 0.505 e. The monoisotopic (exact) mass is 472 g/mol. The molecule has 2 heterocycles. The third kappa shape index (κ3) is 4.40. The standard InChI is InChI=1S/C26H24N4O5/c1-15-21(14-24(31)30(29-15)18-10-9-16-5-2-3-6-17(16)13-18)28-27-20-8-4-7-19(25(20)32)22-11-12-23(35-22)26(33)34/h4,7-13,27,32H,2-3,5-6,14H2,1H3,(H,33,34)/b28-21+. The lowest BCUT2D eigenvalue weighted by atomic mass is 9.91. The number of nitrogens with one attached hydrogen (secondary N) is 1. The van der Waals surface area contributed by atoms with E-state index in [0.717, 1.165) is 24.9 Å². The number of aryl methyl sites for hydroxylation is 2. The summed E-state index contributed by atoms with van der Waals surface area (Å²) in [6.45, 7) is 1.78. The fraction of sp³-hybridized carbons (Fsp3) is 0.231. The number of rotatable bonds is 5. The second kappa shape index (κ2) is 9.09. The van der Waals surface area contributed by atoms with Crippen LogP contribution in [0, 0.1) is 0 Å². The SMILES string of the molecule is CC1=NN(c2ccc3c(c2)CCCC3)C(=O)C/C1=N\Nc1cccc(-c2ccc(C(=O)O)o2)c1O. The molecular formula is C26H24N4O5. The molecule has 0 saturated heterocycles. The van der Waals surface area contributed by atoms with E-state index in [4.69, 9.17) is 9.52 Å². The summed E-state index contributed by atoms with van der Waals surface area (Å²) in [5.74, 6) is -1.56. The first kappa shape index (κ1) is 22.4. The van der Waals surface area contributed by atoms with Gasteiger partial charge in [-0.05, 0) is 80.1 Å². The molecule has 1 aliphatic heterocycles. The van der Waals surface area contributed by atoms with Gasteiger partial charge in [0.15, 0.2) is 5.75 Å². The zero-order valence-electron chi connectivity index (χ0n) is 19.1. The van der Waals surface area contributed by atoms with Gasteiger partial charge in [-0.2, -0.15) is 10.2 Å². The third-order valence-corrected chi connectivity index (χ3v) is 6.23. The van der Waals surface area contributed by atoms with Crippen LogP contribution >= 0.6 is 0 Å². The van der Waals surface area contributed by atoms with E-state index < -0.39 is 5.97 Å². The summed E-state index contributed by atoms with van der Waals surface area (Å²) >= 11 is 0. The summed E-state index contributed by atoms with van der Waals surface area (Å²) in [6, 6.07) is 13.8. The minimum atomic E-state index is -1.20. The first-order valence-corrected chi connectivity index (χ1v) is 11.4. The van der Waals surface area contributed by atoms with E-state index >= 15 is 0 Å². The molecule has 1 aliphatic carbocycles. The number of carboxylic acid groups (broad SMARTS) is 1. The van der Waals surface area contributed by atoms with Crippen LogP contribution in [0.25, 0.3) is 11.3 Å². The van der Waals surface area contributed by atoms with Gasteiger partial charge in [0, 0.05) is 0 Å². The first-order chi connectivity index (χ1) is 16.9. The number of benzene rings is 2. The number of carboxylic acids is 1. The Morgan fingerprint density at radius 2 is 1.91 bits per heavy atom. The van der Waals surface area contributed by atoms with Crippen molar-refractivity contribution in [1.29, 1.82) is 0 Å². The van der Waals surface area contributed by atoms with Gasteiger partial charge < -0.3 is 14.6 Å². The second-order valence-electron chi connectivity index (χ2n) is 8.57. The number of hydrazone groups is 2. The molecule has 2 aliphatic rings. The Balaban J connectivity index is 1.37. The maximum absolute atomic E-state index is 12.9. The highest BCUT2D eigenvalue weighted by Gasteiger charge is 2.26. The Bertz CT molecular complexity index is 1390. The van der Waals surface area contributed by atoms with Crippen LogP contribution in [0.1, 0.15) is 47.9 Å². The average Bonchev–Trinajstić information content (AvgIpc) is 3.35. The number of phenols is 1. The minimum Gasteiger partial charge on any atom is -0.505 e. The third-order valence-electron chi connectivity index (χ3n) is 6.23. The van der Waals surface area contributed by atoms with Crippen LogP contribution in [0.3, 0.4) is 0 Å². The Labute approximate surface area is 201 Å². The summed E-state index contributed by atoms with van der Waals surface area (Å²) in [5, 5.41) is 30.0. The average molecular weight is 473 g/mol. The number of aromatic hydroxyl groups is 1. The lowest BCUT2D eigenvalue weighted by molar-refractivity contribution is -0.117. The molecular weight excluding hydrogens is 448 g/mol. The number of aromatic carboxylic acids is 1. The number of furan rings is 1. The van der Waals surface area contributed by atoms with Crippen molar-refractivity contribution < 1.29 is 24.2 Å². The van der Waals surface area contributed by atoms with Crippen LogP contribution < -0.4 is 10.4 Å². The normalized spacial score (nSPS) is 16.7. The number of phenolic OH excluding ortho intramolecular Hbond substituents is 1. The number of carbonyl (C=O) groups excluding carboxylic acids is 1. The van der Waals surface area contributed by atoms with Gasteiger partial charge in [-0.3, -0.25) is 10.2 Å². The molecule has 0 fully saturated rings. The van der Waals surface area contributed by atoms with E-state index in [0.29, 0.717) is 17.0 Å². The highest BCUT2D eigenvalue weighted by Crippen LogP contribution is 2.36. The van der Waals surface area contributed by atoms with Crippen molar-refractivity contribution in [3.63, 3.8) is 0 Å². The molecule has 3 aromatic rings. The number of fused-ring (bicyclic) bond motifs is 1. The van der Waals surface area contributed by atoms with Gasteiger partial charge in [-0.15, -0.1) is 0 Å². The Kier molecular flexibility index (Phi) is 5.82. The molecule has 0 radical (unpaired) electrons. The second-order valence-corrected chi connectivity index (χ2v) is 8.57. The summed E-state index contributed by atoms with van der Waals surface area (Å²) in [7, 11) is 0. The molecule has 0 spiro atoms. The molecule has 0 atom stereocenters. The number of amides is 1. The van der Waals surface area contributed by atoms with Crippen molar-refractivity contribution >= 4 is 34.7 Å². The van der Waals surface area contributed by atoms with Crippen LogP contribution in [0.15, 0.2) is 63.2 Å². The van der Waals surface area contributed by atoms with Crippen molar-refractivity contribution in [1.82, 2.24) is 0 Å². The van der Waals surface area contributed by atoms with E-state index in [1.54, 1.807) is 25.1 Å². The minimum absolute atomic E-state index is 0.0556. The molecule has 1 amide bonds. The smallest absolute Gasteiger partial charge is 0.371 e. The summed E-state index contributed by atoms with van der Waals surface area (Å²) < 4.78 is 5.29. The Hall–Kier alpha value is -4.40. The van der Waals surface area contributed by atoms with Crippen LogP contribution in [0.2, 0.25) is 0 Å². The maximum atomic E-state index is 12.9.